The molecule has 3 heteroatoms. The highest BCUT2D eigenvalue weighted by molar-refractivity contribution is 6.36. The number of aryl methyl sites for hydroxylation is 1. The van der Waals surface area contributed by atoms with Gasteiger partial charge in [-0.1, -0.05) is 23.2 Å². The molecule has 0 unspecified atom stereocenters. The van der Waals surface area contributed by atoms with Crippen LogP contribution in [0.25, 0.3) is 0 Å². The van der Waals surface area contributed by atoms with E-state index in [2.05, 4.69) is 5.32 Å². The summed E-state index contributed by atoms with van der Waals surface area (Å²) in [4.78, 5) is 0. The van der Waals surface area contributed by atoms with Crippen molar-refractivity contribution in [2.45, 2.75) is 6.92 Å². The van der Waals surface area contributed by atoms with Crippen LogP contribution in [0.4, 0.5) is 5.69 Å². The van der Waals surface area contributed by atoms with Gasteiger partial charge >= 0.3 is 0 Å². The fraction of sp³-hybridized carbons (Fsp3) is 0.250. The minimum atomic E-state index is 0.664. The Balaban J connectivity index is 3.25. The van der Waals surface area contributed by atoms with Gasteiger partial charge in [0.05, 0.1) is 10.7 Å². The van der Waals surface area contributed by atoms with Crippen LogP contribution >= 0.6 is 23.2 Å². The highest BCUT2D eigenvalue weighted by atomic mass is 35.5. The maximum Gasteiger partial charge on any atom is 0.0654 e. The van der Waals surface area contributed by atoms with Gasteiger partial charge in [0.25, 0.3) is 0 Å². The van der Waals surface area contributed by atoms with E-state index in [1.54, 1.807) is 6.07 Å². The van der Waals surface area contributed by atoms with Crippen LogP contribution in [0.5, 0.6) is 0 Å². The van der Waals surface area contributed by atoms with E-state index in [0.717, 1.165) is 11.3 Å². The van der Waals surface area contributed by atoms with Crippen molar-refractivity contribution in [3.05, 3.63) is 27.7 Å². The van der Waals surface area contributed by atoms with Crippen LogP contribution < -0.4 is 5.32 Å². The molecule has 0 bridgehead atoms. The molecule has 1 N–H and O–H groups in total. The topological polar surface area (TPSA) is 12.0 Å². The van der Waals surface area contributed by atoms with E-state index in [9.17, 15) is 0 Å². The predicted molar refractivity (Wildman–Crippen MR) is 50.7 cm³/mol. The van der Waals surface area contributed by atoms with Gasteiger partial charge in [-0.3, -0.25) is 0 Å². The van der Waals surface area contributed by atoms with Crippen LogP contribution in [0.1, 0.15) is 5.56 Å². The zero-order chi connectivity index (χ0) is 8.43. The number of anilines is 1. The van der Waals surface area contributed by atoms with Gasteiger partial charge < -0.3 is 5.32 Å². The monoisotopic (exact) mass is 189 g/mol. The largest absolute Gasteiger partial charge is 0.387 e. The molecule has 0 heterocycles. The summed E-state index contributed by atoms with van der Waals surface area (Å²) in [6, 6.07) is 3.60. The van der Waals surface area contributed by atoms with E-state index in [4.69, 9.17) is 23.2 Å². The molecule has 0 aliphatic heterocycles. The number of rotatable bonds is 1. The highest BCUT2D eigenvalue weighted by Crippen LogP contribution is 2.28. The van der Waals surface area contributed by atoms with Gasteiger partial charge in [0, 0.05) is 12.1 Å². The number of benzene rings is 1. The molecule has 0 aromatic heterocycles. The Morgan fingerprint density at radius 1 is 1.27 bits per heavy atom. The molecule has 1 aromatic rings. The average molecular weight is 190 g/mol. The Kier molecular flexibility index (Phi) is 2.63. The molecule has 0 aliphatic rings. The first-order valence-electron chi connectivity index (χ1n) is 3.28. The molecule has 0 amide bonds. The summed E-state index contributed by atoms with van der Waals surface area (Å²) in [5.74, 6) is 0. The van der Waals surface area contributed by atoms with Gasteiger partial charge in [-0.25, -0.2) is 0 Å². The number of hydrogen-bond donors (Lipinski definition) is 1. The van der Waals surface area contributed by atoms with Crippen molar-refractivity contribution in [2.75, 3.05) is 12.4 Å². The third kappa shape index (κ3) is 1.79. The first-order valence-corrected chi connectivity index (χ1v) is 4.04. The first-order chi connectivity index (χ1) is 5.15. The third-order valence-electron chi connectivity index (χ3n) is 1.50. The summed E-state index contributed by atoms with van der Waals surface area (Å²) in [6.45, 7) is 1.96. The molecular weight excluding hydrogens is 181 g/mol. The second-order valence-corrected chi connectivity index (χ2v) is 3.17. The lowest BCUT2D eigenvalue weighted by atomic mass is 10.2. The predicted octanol–water partition coefficient (Wildman–Crippen LogP) is 3.34. The molecule has 0 radical (unpaired) electrons. The maximum absolute atomic E-state index is 5.89. The van der Waals surface area contributed by atoms with Crippen molar-refractivity contribution in [1.82, 2.24) is 0 Å². The smallest absolute Gasteiger partial charge is 0.0654 e. The van der Waals surface area contributed by atoms with E-state index in [1.165, 1.54) is 0 Å². The minimum absolute atomic E-state index is 0.664. The summed E-state index contributed by atoms with van der Waals surface area (Å²) in [5.41, 5.74) is 2.00. The normalized spacial score (nSPS) is 9.82. The van der Waals surface area contributed by atoms with Crippen molar-refractivity contribution in [1.29, 1.82) is 0 Å². The quantitative estimate of drug-likeness (QED) is 0.715. The molecule has 0 fully saturated rings. The Labute approximate surface area is 76.3 Å². The standard InChI is InChI=1S/C8H9Cl2N/c1-5-3-6(9)4-7(10)8(5)11-2/h3-4,11H,1-2H3. The summed E-state index contributed by atoms with van der Waals surface area (Å²) < 4.78 is 0. The lowest BCUT2D eigenvalue weighted by Crippen LogP contribution is -1.92. The van der Waals surface area contributed by atoms with E-state index in [-0.39, 0.29) is 0 Å². The van der Waals surface area contributed by atoms with Crippen LogP contribution in [0, 0.1) is 6.92 Å². The van der Waals surface area contributed by atoms with E-state index < -0.39 is 0 Å². The van der Waals surface area contributed by atoms with Crippen LogP contribution in [0.3, 0.4) is 0 Å². The molecule has 1 aromatic carbocycles. The lowest BCUT2D eigenvalue weighted by molar-refractivity contribution is 1.41. The fourth-order valence-electron chi connectivity index (χ4n) is 1.02. The zero-order valence-electron chi connectivity index (χ0n) is 6.41. The molecule has 0 saturated carbocycles. The summed E-state index contributed by atoms with van der Waals surface area (Å²) in [6.07, 6.45) is 0. The van der Waals surface area contributed by atoms with Gasteiger partial charge in [0.1, 0.15) is 0 Å². The van der Waals surface area contributed by atoms with Gasteiger partial charge in [-0.15, -0.1) is 0 Å². The van der Waals surface area contributed by atoms with Crippen molar-refractivity contribution < 1.29 is 0 Å². The second-order valence-electron chi connectivity index (χ2n) is 2.33. The number of halogens is 2. The summed E-state index contributed by atoms with van der Waals surface area (Å²) in [5, 5.41) is 4.34. The molecule has 1 nitrogen and oxygen atoms in total. The minimum Gasteiger partial charge on any atom is -0.387 e. The maximum atomic E-state index is 5.89. The van der Waals surface area contributed by atoms with Crippen molar-refractivity contribution in [3.8, 4) is 0 Å². The molecule has 0 saturated heterocycles. The van der Waals surface area contributed by atoms with Crippen LogP contribution in [-0.2, 0) is 0 Å². The van der Waals surface area contributed by atoms with E-state index in [0.29, 0.717) is 10.0 Å². The lowest BCUT2D eigenvalue weighted by Gasteiger charge is -2.07. The zero-order valence-corrected chi connectivity index (χ0v) is 7.92. The van der Waals surface area contributed by atoms with Crippen molar-refractivity contribution in [2.24, 2.45) is 0 Å². The van der Waals surface area contributed by atoms with Gasteiger partial charge in [-0.05, 0) is 24.6 Å². The Morgan fingerprint density at radius 2 is 1.91 bits per heavy atom. The fourth-order valence-corrected chi connectivity index (χ4v) is 1.71. The SMILES string of the molecule is CNc1c(C)cc(Cl)cc1Cl. The number of hydrogen-bond acceptors (Lipinski definition) is 1. The van der Waals surface area contributed by atoms with Crippen LogP contribution in [0.15, 0.2) is 12.1 Å². The highest BCUT2D eigenvalue weighted by Gasteiger charge is 2.02. The summed E-state index contributed by atoms with van der Waals surface area (Å²) in [7, 11) is 1.84. The van der Waals surface area contributed by atoms with E-state index in [1.807, 2.05) is 20.0 Å². The first kappa shape index (κ1) is 8.69. The van der Waals surface area contributed by atoms with Gasteiger partial charge in [-0.2, -0.15) is 0 Å². The van der Waals surface area contributed by atoms with Crippen molar-refractivity contribution in [3.63, 3.8) is 0 Å². The van der Waals surface area contributed by atoms with Gasteiger partial charge in [0.15, 0.2) is 0 Å². The molecule has 0 spiro atoms. The number of nitrogens with one attached hydrogen (secondary N) is 1. The molecule has 1 rings (SSSR count). The Hall–Kier alpha value is -0.400. The average Bonchev–Trinajstić information content (AvgIpc) is 1.85. The summed E-state index contributed by atoms with van der Waals surface area (Å²) >= 11 is 11.7. The molecule has 0 atom stereocenters. The van der Waals surface area contributed by atoms with Crippen molar-refractivity contribution >= 4 is 28.9 Å². The van der Waals surface area contributed by atoms with E-state index >= 15 is 0 Å². The Bertz CT molecular complexity index is 248. The van der Waals surface area contributed by atoms with Gasteiger partial charge in [0.2, 0.25) is 0 Å². The molecule has 60 valence electrons. The Morgan fingerprint density at radius 3 is 2.36 bits per heavy atom. The van der Waals surface area contributed by atoms with Crippen LogP contribution in [0.2, 0.25) is 10.0 Å². The second kappa shape index (κ2) is 3.33. The third-order valence-corrected chi connectivity index (χ3v) is 2.02. The molecule has 0 aliphatic carbocycles. The van der Waals surface area contributed by atoms with Crippen LogP contribution in [-0.4, -0.2) is 7.05 Å². The molecule has 11 heavy (non-hydrogen) atoms. The molecular formula is C8H9Cl2N.